The van der Waals surface area contributed by atoms with Crippen LogP contribution in [0.15, 0.2) is 18.2 Å². The molecule has 4 heteroatoms. The average molecular weight is 328 g/mol. The zero-order chi connectivity index (χ0) is 17.3. The first kappa shape index (κ1) is 17.0. The zero-order valence-corrected chi connectivity index (χ0v) is 15.0. The first-order valence-electron chi connectivity index (χ1n) is 9.05. The lowest BCUT2D eigenvalue weighted by atomic mass is 9.92. The van der Waals surface area contributed by atoms with Gasteiger partial charge in [0.25, 0.3) is 0 Å². The van der Waals surface area contributed by atoms with Gasteiger partial charge in [0.1, 0.15) is 0 Å². The minimum atomic E-state index is -0.319. The summed E-state index contributed by atoms with van der Waals surface area (Å²) in [6.07, 6.45) is 3.50. The second-order valence-electron chi connectivity index (χ2n) is 7.72. The molecule has 1 N–H and O–H groups in total. The Morgan fingerprint density at radius 1 is 1.25 bits per heavy atom. The Morgan fingerprint density at radius 2 is 1.92 bits per heavy atom. The van der Waals surface area contributed by atoms with Crippen molar-refractivity contribution in [3.05, 3.63) is 34.9 Å². The lowest BCUT2D eigenvalue weighted by molar-refractivity contribution is -0.128. The van der Waals surface area contributed by atoms with Gasteiger partial charge in [-0.3, -0.25) is 9.59 Å². The van der Waals surface area contributed by atoms with E-state index in [1.807, 2.05) is 4.90 Å². The van der Waals surface area contributed by atoms with Crippen molar-refractivity contribution in [2.24, 2.45) is 5.92 Å². The Hall–Kier alpha value is -1.84. The normalized spacial score (nSPS) is 20.1. The molecular weight excluding hydrogens is 300 g/mol. The minimum absolute atomic E-state index is 0.145. The second-order valence-corrected chi connectivity index (χ2v) is 7.72. The maximum Gasteiger partial charge on any atom is 0.230 e. The number of carbonyl (C=O) groups is 2. The van der Waals surface area contributed by atoms with E-state index in [2.05, 4.69) is 44.3 Å². The quantitative estimate of drug-likeness (QED) is 0.873. The highest BCUT2D eigenvalue weighted by atomic mass is 16.2. The Kier molecular flexibility index (Phi) is 4.66. The van der Waals surface area contributed by atoms with Gasteiger partial charge in [0, 0.05) is 26.1 Å². The second kappa shape index (κ2) is 6.58. The van der Waals surface area contributed by atoms with Gasteiger partial charge in [0.2, 0.25) is 11.8 Å². The van der Waals surface area contributed by atoms with Gasteiger partial charge >= 0.3 is 0 Å². The maximum absolute atomic E-state index is 12.8. The van der Waals surface area contributed by atoms with Crippen LogP contribution in [0.25, 0.3) is 0 Å². The third kappa shape index (κ3) is 3.47. The molecule has 1 atom stereocenters. The lowest BCUT2D eigenvalue weighted by Crippen LogP contribution is -2.40. The topological polar surface area (TPSA) is 49.4 Å². The summed E-state index contributed by atoms with van der Waals surface area (Å²) in [6, 6.07) is 6.43. The summed E-state index contributed by atoms with van der Waals surface area (Å²) < 4.78 is 0. The first-order chi connectivity index (χ1) is 11.4. The Bertz CT molecular complexity index is 629. The van der Waals surface area contributed by atoms with Crippen LogP contribution in [0.4, 0.5) is 0 Å². The molecule has 24 heavy (non-hydrogen) atoms. The highest BCUT2D eigenvalue weighted by molar-refractivity contribution is 5.91. The van der Waals surface area contributed by atoms with Gasteiger partial charge in [-0.2, -0.15) is 0 Å². The summed E-state index contributed by atoms with van der Waals surface area (Å²) >= 11 is 0. The number of aryl methyl sites for hydroxylation is 2. The molecule has 0 aromatic heterocycles. The molecule has 4 nitrogen and oxygen atoms in total. The minimum Gasteiger partial charge on any atom is -0.355 e. The van der Waals surface area contributed by atoms with Crippen LogP contribution in [0.3, 0.4) is 0 Å². The van der Waals surface area contributed by atoms with Crippen LogP contribution in [-0.4, -0.2) is 36.3 Å². The molecule has 1 aromatic carbocycles. The van der Waals surface area contributed by atoms with E-state index < -0.39 is 0 Å². The molecule has 130 valence electrons. The van der Waals surface area contributed by atoms with Crippen molar-refractivity contribution < 1.29 is 9.59 Å². The van der Waals surface area contributed by atoms with Crippen molar-refractivity contribution in [1.82, 2.24) is 10.2 Å². The van der Waals surface area contributed by atoms with E-state index in [-0.39, 0.29) is 23.1 Å². The zero-order valence-electron chi connectivity index (χ0n) is 15.0. The molecule has 0 bridgehead atoms. The predicted molar refractivity (Wildman–Crippen MR) is 94.8 cm³/mol. The smallest absolute Gasteiger partial charge is 0.230 e. The third-order valence-corrected chi connectivity index (χ3v) is 5.27. The summed E-state index contributed by atoms with van der Waals surface area (Å²) in [5, 5.41) is 3.13. The molecule has 1 saturated heterocycles. The molecule has 1 aliphatic heterocycles. The van der Waals surface area contributed by atoms with Crippen molar-refractivity contribution in [2.75, 3.05) is 19.6 Å². The van der Waals surface area contributed by atoms with Crippen LogP contribution in [0.5, 0.6) is 0 Å². The molecule has 0 radical (unpaired) electrons. The number of rotatable bonds is 6. The number of amides is 2. The molecule has 3 rings (SSSR count). The van der Waals surface area contributed by atoms with Crippen molar-refractivity contribution in [3.8, 4) is 0 Å². The number of benzene rings is 1. The lowest BCUT2D eigenvalue weighted by Gasteiger charge is -2.23. The molecule has 1 saturated carbocycles. The summed E-state index contributed by atoms with van der Waals surface area (Å²) in [4.78, 5) is 26.4. The van der Waals surface area contributed by atoms with E-state index in [9.17, 15) is 9.59 Å². The van der Waals surface area contributed by atoms with Crippen LogP contribution < -0.4 is 5.32 Å². The molecule has 1 aliphatic carbocycles. The van der Waals surface area contributed by atoms with Gasteiger partial charge in [-0.1, -0.05) is 36.2 Å². The Labute approximate surface area is 144 Å². The fraction of sp³-hybridized carbons (Fsp3) is 0.600. The number of nitrogens with zero attached hydrogens (tertiary/aromatic N) is 1. The van der Waals surface area contributed by atoms with Gasteiger partial charge < -0.3 is 10.2 Å². The van der Waals surface area contributed by atoms with Gasteiger partial charge in [-0.05, 0) is 44.6 Å². The highest BCUT2D eigenvalue weighted by Crippen LogP contribution is 2.48. The van der Waals surface area contributed by atoms with Crippen LogP contribution >= 0.6 is 0 Å². The molecule has 1 unspecified atom stereocenters. The largest absolute Gasteiger partial charge is 0.355 e. The highest BCUT2D eigenvalue weighted by Gasteiger charge is 2.51. The van der Waals surface area contributed by atoms with Crippen molar-refractivity contribution in [1.29, 1.82) is 0 Å². The van der Waals surface area contributed by atoms with Crippen LogP contribution in [0.1, 0.15) is 49.3 Å². The maximum atomic E-state index is 12.8. The molecule has 2 aliphatic rings. The molecule has 2 fully saturated rings. The van der Waals surface area contributed by atoms with E-state index in [1.165, 1.54) is 11.1 Å². The summed E-state index contributed by atoms with van der Waals surface area (Å²) in [7, 11) is 0. The fourth-order valence-corrected chi connectivity index (χ4v) is 3.80. The predicted octanol–water partition coefficient (Wildman–Crippen LogP) is 2.71. The number of hydrogen-bond donors (Lipinski definition) is 1. The van der Waals surface area contributed by atoms with E-state index >= 15 is 0 Å². The summed E-state index contributed by atoms with van der Waals surface area (Å²) in [6.45, 7) is 8.51. The molecule has 1 aromatic rings. The monoisotopic (exact) mass is 328 g/mol. The van der Waals surface area contributed by atoms with E-state index in [0.717, 1.165) is 37.9 Å². The molecule has 2 amide bonds. The van der Waals surface area contributed by atoms with Crippen LogP contribution in [-0.2, 0) is 15.0 Å². The van der Waals surface area contributed by atoms with E-state index in [1.54, 1.807) is 0 Å². The van der Waals surface area contributed by atoms with Gasteiger partial charge in [-0.15, -0.1) is 0 Å². The van der Waals surface area contributed by atoms with Crippen molar-refractivity contribution in [2.45, 2.75) is 51.9 Å². The number of nitrogens with one attached hydrogen (secondary N) is 1. The van der Waals surface area contributed by atoms with Crippen LogP contribution in [0, 0.1) is 19.8 Å². The van der Waals surface area contributed by atoms with Crippen molar-refractivity contribution in [3.63, 3.8) is 0 Å². The van der Waals surface area contributed by atoms with Gasteiger partial charge in [0.05, 0.1) is 5.41 Å². The Balaban J connectivity index is 1.57. The van der Waals surface area contributed by atoms with Crippen molar-refractivity contribution >= 4 is 11.8 Å². The van der Waals surface area contributed by atoms with Gasteiger partial charge in [0.15, 0.2) is 0 Å². The SMILES string of the molecule is Cc1cc(C)cc(C2(C(=O)NCC(C)CN3CCCC3=O)CC2)c1. The molecule has 1 heterocycles. The van der Waals surface area contributed by atoms with E-state index in [4.69, 9.17) is 0 Å². The third-order valence-electron chi connectivity index (χ3n) is 5.27. The Morgan fingerprint density at radius 3 is 2.46 bits per heavy atom. The average Bonchev–Trinajstić information content (AvgIpc) is 3.24. The summed E-state index contributed by atoms with van der Waals surface area (Å²) in [5.41, 5.74) is 3.26. The first-order valence-corrected chi connectivity index (χ1v) is 9.05. The number of likely N-dealkylation sites (tertiary alicyclic amines) is 1. The molecular formula is C20H28N2O2. The number of carbonyl (C=O) groups excluding carboxylic acids is 2. The van der Waals surface area contributed by atoms with Crippen LogP contribution in [0.2, 0.25) is 0 Å². The standard InChI is InChI=1S/C20H28N2O2/c1-14-9-15(2)11-17(10-14)20(6-7-20)19(24)21-12-16(3)13-22-8-4-5-18(22)23/h9-11,16H,4-8,12-13H2,1-3H3,(H,21,24). The number of hydrogen-bond acceptors (Lipinski definition) is 2. The van der Waals surface area contributed by atoms with Gasteiger partial charge in [-0.25, -0.2) is 0 Å². The summed E-state index contributed by atoms with van der Waals surface area (Å²) in [5.74, 6) is 0.681. The van der Waals surface area contributed by atoms with E-state index in [0.29, 0.717) is 13.0 Å². The fourth-order valence-electron chi connectivity index (χ4n) is 3.80. The molecule has 0 spiro atoms.